The zero-order chi connectivity index (χ0) is 19.7. The summed E-state index contributed by atoms with van der Waals surface area (Å²) in [5.74, 6) is -0.519. The lowest BCUT2D eigenvalue weighted by molar-refractivity contribution is 0.0601. The van der Waals surface area contributed by atoms with E-state index < -0.39 is 5.97 Å². The summed E-state index contributed by atoms with van der Waals surface area (Å²) >= 11 is 1.38. The summed E-state index contributed by atoms with van der Waals surface area (Å²) < 4.78 is 4.89. The molecule has 1 amide bonds. The van der Waals surface area contributed by atoms with Crippen molar-refractivity contribution in [3.05, 3.63) is 57.6 Å². The molecule has 3 aromatic rings. The first-order valence-corrected chi connectivity index (χ1v) is 9.54. The van der Waals surface area contributed by atoms with Crippen LogP contribution in [0.2, 0.25) is 0 Å². The minimum Gasteiger partial charge on any atom is -0.465 e. The molecule has 1 N–H and O–H groups in total. The molecule has 0 saturated carbocycles. The smallest absolute Gasteiger partial charge is 0.341 e. The number of hydrogen-bond donors (Lipinski definition) is 1. The van der Waals surface area contributed by atoms with Crippen molar-refractivity contribution in [2.45, 2.75) is 33.6 Å². The van der Waals surface area contributed by atoms with Crippen molar-refractivity contribution in [2.75, 3.05) is 12.4 Å². The first kappa shape index (κ1) is 19.0. The number of carbonyl (C=O) groups excluding carboxylic acids is 2. The van der Waals surface area contributed by atoms with Gasteiger partial charge in [0.2, 0.25) is 0 Å². The van der Waals surface area contributed by atoms with Gasteiger partial charge in [0.25, 0.3) is 5.91 Å². The maximum atomic E-state index is 13.1. The molecule has 1 aromatic carbocycles. The van der Waals surface area contributed by atoms with Crippen LogP contribution in [0.4, 0.5) is 5.00 Å². The second kappa shape index (κ2) is 7.48. The number of aryl methyl sites for hydroxylation is 1. The van der Waals surface area contributed by atoms with E-state index in [2.05, 4.69) is 10.3 Å². The second-order valence-electron chi connectivity index (χ2n) is 6.70. The van der Waals surface area contributed by atoms with Gasteiger partial charge in [0.05, 0.1) is 23.8 Å². The lowest BCUT2D eigenvalue weighted by Crippen LogP contribution is -2.15. The molecular weight excluding hydrogens is 360 g/mol. The Bertz CT molecular complexity index is 1040. The van der Waals surface area contributed by atoms with Gasteiger partial charge in [0.15, 0.2) is 0 Å². The minimum absolute atomic E-state index is 0.193. The van der Waals surface area contributed by atoms with Crippen molar-refractivity contribution in [1.29, 1.82) is 0 Å². The van der Waals surface area contributed by atoms with Crippen molar-refractivity contribution in [2.24, 2.45) is 0 Å². The monoisotopic (exact) mass is 382 g/mol. The highest BCUT2D eigenvalue weighted by Crippen LogP contribution is 2.34. The van der Waals surface area contributed by atoms with Crippen molar-refractivity contribution in [3.63, 3.8) is 0 Å². The van der Waals surface area contributed by atoms with Crippen LogP contribution in [0.3, 0.4) is 0 Å². The number of para-hydroxylation sites is 1. The molecule has 2 heterocycles. The molecule has 27 heavy (non-hydrogen) atoms. The van der Waals surface area contributed by atoms with E-state index in [-0.39, 0.29) is 11.8 Å². The molecule has 0 saturated heterocycles. The number of anilines is 1. The van der Waals surface area contributed by atoms with E-state index in [9.17, 15) is 9.59 Å². The van der Waals surface area contributed by atoms with Crippen molar-refractivity contribution >= 4 is 39.1 Å². The van der Waals surface area contributed by atoms with Gasteiger partial charge >= 0.3 is 5.97 Å². The predicted molar refractivity (Wildman–Crippen MR) is 109 cm³/mol. The number of esters is 1. The number of hydrogen-bond acceptors (Lipinski definition) is 5. The van der Waals surface area contributed by atoms with E-state index in [1.165, 1.54) is 18.4 Å². The van der Waals surface area contributed by atoms with Gasteiger partial charge in [-0.25, -0.2) is 4.79 Å². The third-order valence-electron chi connectivity index (χ3n) is 4.57. The number of nitrogens with one attached hydrogen (secondary N) is 1. The molecule has 0 aliphatic carbocycles. The minimum atomic E-state index is -0.449. The van der Waals surface area contributed by atoms with E-state index in [1.54, 1.807) is 0 Å². The average Bonchev–Trinajstić information content (AvgIpc) is 2.93. The summed E-state index contributed by atoms with van der Waals surface area (Å²) in [7, 11) is 1.34. The van der Waals surface area contributed by atoms with Crippen molar-refractivity contribution < 1.29 is 14.3 Å². The molecule has 5 nitrogen and oxygen atoms in total. The zero-order valence-corrected chi connectivity index (χ0v) is 16.9. The van der Waals surface area contributed by atoms with Crippen LogP contribution in [0.5, 0.6) is 0 Å². The maximum absolute atomic E-state index is 13.1. The van der Waals surface area contributed by atoms with Crippen LogP contribution in [0.15, 0.2) is 30.3 Å². The van der Waals surface area contributed by atoms with Crippen molar-refractivity contribution in [3.8, 4) is 0 Å². The Balaban J connectivity index is 2.08. The maximum Gasteiger partial charge on any atom is 0.341 e. The second-order valence-corrected chi connectivity index (χ2v) is 7.92. The van der Waals surface area contributed by atoms with E-state index in [4.69, 9.17) is 4.74 Å². The fourth-order valence-electron chi connectivity index (χ4n) is 2.91. The molecule has 6 heteroatoms. The molecule has 0 aliphatic heterocycles. The van der Waals surface area contributed by atoms with Gasteiger partial charge in [-0.05, 0) is 37.5 Å². The number of nitrogens with zero attached hydrogens (tertiary/aromatic N) is 1. The Labute approximate surface area is 162 Å². The third kappa shape index (κ3) is 3.57. The molecule has 3 rings (SSSR count). The SMILES string of the molecule is COC(=O)c1c(NC(=O)c2cc(C(C)C)nc3ccccc23)sc(C)c1C. The highest BCUT2D eigenvalue weighted by Gasteiger charge is 2.23. The lowest BCUT2D eigenvalue weighted by Gasteiger charge is -2.12. The number of aromatic nitrogens is 1. The molecule has 0 aliphatic rings. The van der Waals surface area contributed by atoms with E-state index in [0.717, 1.165) is 27.0 Å². The van der Waals surface area contributed by atoms with E-state index in [1.807, 2.05) is 58.0 Å². The number of pyridine rings is 1. The van der Waals surface area contributed by atoms with Gasteiger partial charge in [-0.1, -0.05) is 32.0 Å². The van der Waals surface area contributed by atoms with E-state index in [0.29, 0.717) is 16.1 Å². The highest BCUT2D eigenvalue weighted by molar-refractivity contribution is 7.16. The van der Waals surface area contributed by atoms with Crippen LogP contribution in [0, 0.1) is 13.8 Å². The first-order valence-electron chi connectivity index (χ1n) is 8.72. The van der Waals surface area contributed by atoms with Gasteiger partial charge in [-0.2, -0.15) is 0 Å². The number of carbonyl (C=O) groups is 2. The Kier molecular flexibility index (Phi) is 5.28. The lowest BCUT2D eigenvalue weighted by atomic mass is 10.0. The molecule has 0 fully saturated rings. The largest absolute Gasteiger partial charge is 0.465 e. The number of rotatable bonds is 4. The molecule has 0 radical (unpaired) electrons. The summed E-state index contributed by atoms with van der Waals surface area (Å²) in [6.45, 7) is 7.85. The van der Waals surface area contributed by atoms with Crippen LogP contribution >= 0.6 is 11.3 Å². The van der Waals surface area contributed by atoms with Crippen LogP contribution in [0.25, 0.3) is 10.9 Å². The fourth-order valence-corrected chi connectivity index (χ4v) is 3.96. The molecule has 2 aromatic heterocycles. The summed E-state index contributed by atoms with van der Waals surface area (Å²) in [4.78, 5) is 30.9. The highest BCUT2D eigenvalue weighted by atomic mass is 32.1. The van der Waals surface area contributed by atoms with Crippen LogP contribution in [-0.4, -0.2) is 24.0 Å². The Morgan fingerprint density at radius 3 is 2.56 bits per heavy atom. The zero-order valence-electron chi connectivity index (χ0n) is 16.0. The molecule has 0 atom stereocenters. The fraction of sp³-hybridized carbons (Fsp3) is 0.286. The summed E-state index contributed by atoms with van der Waals surface area (Å²) in [5, 5.41) is 4.20. The molecular formula is C21H22N2O3S. The Morgan fingerprint density at radius 1 is 1.19 bits per heavy atom. The van der Waals surface area contributed by atoms with Crippen LogP contribution in [0.1, 0.15) is 56.6 Å². The van der Waals surface area contributed by atoms with Crippen molar-refractivity contribution in [1.82, 2.24) is 4.98 Å². The molecule has 0 spiro atoms. The van der Waals surface area contributed by atoms with Gasteiger partial charge in [0, 0.05) is 16.0 Å². The summed E-state index contributed by atoms with van der Waals surface area (Å²) in [6, 6.07) is 9.40. The average molecular weight is 382 g/mol. The number of amides is 1. The van der Waals surface area contributed by atoms with Gasteiger partial charge in [-0.3, -0.25) is 9.78 Å². The number of thiophene rings is 1. The Hall–Kier alpha value is -2.73. The van der Waals surface area contributed by atoms with Gasteiger partial charge < -0.3 is 10.1 Å². The quantitative estimate of drug-likeness (QED) is 0.639. The van der Waals surface area contributed by atoms with Crippen LogP contribution in [-0.2, 0) is 4.74 Å². The number of fused-ring (bicyclic) bond motifs is 1. The van der Waals surface area contributed by atoms with Crippen LogP contribution < -0.4 is 5.32 Å². The molecule has 0 unspecified atom stereocenters. The number of methoxy groups -OCH3 is 1. The normalized spacial score (nSPS) is 11.0. The van der Waals surface area contributed by atoms with Gasteiger partial charge in [-0.15, -0.1) is 11.3 Å². The number of ether oxygens (including phenoxy) is 1. The van der Waals surface area contributed by atoms with Gasteiger partial charge in [0.1, 0.15) is 5.00 Å². The molecule has 0 bridgehead atoms. The topological polar surface area (TPSA) is 68.3 Å². The van der Waals surface area contributed by atoms with E-state index >= 15 is 0 Å². The molecule has 140 valence electrons. The number of benzene rings is 1. The predicted octanol–water partition coefficient (Wildman–Crippen LogP) is 5.08. The standard InChI is InChI=1S/C21H22N2O3S/c1-11(2)17-10-15(14-8-6-7-9-16(14)22-17)19(24)23-20-18(21(25)26-5)12(3)13(4)27-20/h6-11H,1-5H3,(H,23,24). The Morgan fingerprint density at radius 2 is 1.89 bits per heavy atom. The third-order valence-corrected chi connectivity index (χ3v) is 5.70. The summed E-state index contributed by atoms with van der Waals surface area (Å²) in [6.07, 6.45) is 0. The summed E-state index contributed by atoms with van der Waals surface area (Å²) in [5.41, 5.74) is 3.41. The first-order chi connectivity index (χ1) is 12.8.